The highest BCUT2D eigenvalue weighted by atomic mass is 32.1. The molecule has 0 spiro atoms. The predicted octanol–water partition coefficient (Wildman–Crippen LogP) is 2.41. The van der Waals surface area contributed by atoms with E-state index in [9.17, 15) is 9.59 Å². The van der Waals surface area contributed by atoms with Gasteiger partial charge in [-0.25, -0.2) is 0 Å². The van der Waals surface area contributed by atoms with Gasteiger partial charge in [-0.2, -0.15) is 11.3 Å². The van der Waals surface area contributed by atoms with Gasteiger partial charge in [-0.15, -0.1) is 0 Å². The van der Waals surface area contributed by atoms with Gasteiger partial charge in [0.2, 0.25) is 0 Å². The van der Waals surface area contributed by atoms with Gasteiger partial charge in [0.1, 0.15) is 5.56 Å². The minimum atomic E-state index is -0.222. The van der Waals surface area contributed by atoms with Crippen LogP contribution in [0.5, 0.6) is 0 Å². The summed E-state index contributed by atoms with van der Waals surface area (Å²) in [6.07, 6.45) is 4.98. The van der Waals surface area contributed by atoms with Crippen molar-refractivity contribution in [1.29, 1.82) is 0 Å². The lowest BCUT2D eigenvalue weighted by molar-refractivity contribution is 0.0734. The molecule has 0 bridgehead atoms. The van der Waals surface area contributed by atoms with Gasteiger partial charge in [-0.3, -0.25) is 9.59 Å². The van der Waals surface area contributed by atoms with Crippen molar-refractivity contribution < 1.29 is 4.79 Å². The lowest BCUT2D eigenvalue weighted by Gasteiger charge is -2.23. The number of nitrogens with zero attached hydrogens (tertiary/aromatic N) is 1. The molecule has 1 fully saturated rings. The van der Waals surface area contributed by atoms with Crippen molar-refractivity contribution in [3.63, 3.8) is 0 Å². The monoisotopic (exact) mass is 274 g/mol. The fourth-order valence-corrected chi connectivity index (χ4v) is 3.27. The number of aromatic amines is 1. The largest absolute Gasteiger partial charge is 0.367 e. The van der Waals surface area contributed by atoms with E-state index in [1.807, 2.05) is 10.3 Å². The van der Waals surface area contributed by atoms with E-state index in [-0.39, 0.29) is 22.9 Å². The van der Waals surface area contributed by atoms with E-state index in [0.717, 1.165) is 12.8 Å². The molecular weight excluding hydrogens is 260 g/mol. The Morgan fingerprint density at radius 3 is 3.05 bits per heavy atom. The minimum Gasteiger partial charge on any atom is -0.367 e. The van der Waals surface area contributed by atoms with E-state index in [2.05, 4.69) is 16.4 Å². The number of aromatic nitrogens is 1. The van der Waals surface area contributed by atoms with E-state index in [4.69, 9.17) is 0 Å². The van der Waals surface area contributed by atoms with Crippen molar-refractivity contribution in [2.24, 2.45) is 0 Å². The molecule has 1 unspecified atom stereocenters. The molecule has 3 rings (SSSR count). The first-order chi connectivity index (χ1) is 9.27. The molecule has 3 heterocycles. The molecule has 98 valence electrons. The highest BCUT2D eigenvalue weighted by molar-refractivity contribution is 7.07. The summed E-state index contributed by atoms with van der Waals surface area (Å²) in [5, 5.41) is 4.09. The molecule has 5 heteroatoms. The van der Waals surface area contributed by atoms with Crippen LogP contribution < -0.4 is 5.43 Å². The van der Waals surface area contributed by atoms with Gasteiger partial charge in [-0.05, 0) is 35.2 Å². The second-order valence-electron chi connectivity index (χ2n) is 4.64. The van der Waals surface area contributed by atoms with Gasteiger partial charge in [0, 0.05) is 25.0 Å². The molecule has 2 aromatic rings. The Morgan fingerprint density at radius 2 is 2.32 bits per heavy atom. The SMILES string of the molecule is O=C(c1c[nH]ccc1=O)N1CCCC1c1ccsc1. The number of hydrogen-bond donors (Lipinski definition) is 1. The minimum absolute atomic E-state index is 0.110. The molecule has 2 aromatic heterocycles. The number of rotatable bonds is 2. The topological polar surface area (TPSA) is 53.2 Å². The molecule has 1 N–H and O–H groups in total. The first kappa shape index (κ1) is 12.2. The Labute approximate surface area is 114 Å². The van der Waals surface area contributed by atoms with Crippen molar-refractivity contribution in [2.75, 3.05) is 6.54 Å². The van der Waals surface area contributed by atoms with Crippen LogP contribution in [0.1, 0.15) is 34.8 Å². The molecule has 4 nitrogen and oxygen atoms in total. The highest BCUT2D eigenvalue weighted by Gasteiger charge is 2.31. The molecule has 1 atom stereocenters. The summed E-state index contributed by atoms with van der Waals surface area (Å²) in [5.74, 6) is -0.171. The van der Waals surface area contributed by atoms with Crippen LogP contribution in [0.3, 0.4) is 0 Å². The van der Waals surface area contributed by atoms with Gasteiger partial charge in [0.25, 0.3) is 5.91 Å². The van der Waals surface area contributed by atoms with Crippen LogP contribution in [-0.4, -0.2) is 22.3 Å². The van der Waals surface area contributed by atoms with Crippen LogP contribution in [0.25, 0.3) is 0 Å². The average molecular weight is 274 g/mol. The van der Waals surface area contributed by atoms with Gasteiger partial charge < -0.3 is 9.88 Å². The maximum Gasteiger partial charge on any atom is 0.259 e. The Bertz CT molecular complexity index is 633. The van der Waals surface area contributed by atoms with E-state index < -0.39 is 0 Å². The van der Waals surface area contributed by atoms with Crippen molar-refractivity contribution in [1.82, 2.24) is 9.88 Å². The van der Waals surface area contributed by atoms with Crippen molar-refractivity contribution in [3.8, 4) is 0 Å². The third-order valence-corrected chi connectivity index (χ3v) is 4.20. The third-order valence-electron chi connectivity index (χ3n) is 3.50. The van der Waals surface area contributed by atoms with E-state index in [1.165, 1.54) is 17.8 Å². The quantitative estimate of drug-likeness (QED) is 0.914. The molecule has 0 aliphatic carbocycles. The Hall–Kier alpha value is -1.88. The molecule has 19 heavy (non-hydrogen) atoms. The van der Waals surface area contributed by atoms with Crippen LogP contribution in [-0.2, 0) is 0 Å². The fourth-order valence-electron chi connectivity index (χ4n) is 2.56. The van der Waals surface area contributed by atoms with Crippen LogP contribution in [0, 0.1) is 0 Å². The van der Waals surface area contributed by atoms with E-state index >= 15 is 0 Å². The van der Waals surface area contributed by atoms with Crippen molar-refractivity contribution >= 4 is 17.2 Å². The lowest BCUT2D eigenvalue weighted by atomic mass is 10.1. The highest BCUT2D eigenvalue weighted by Crippen LogP contribution is 2.33. The predicted molar refractivity (Wildman–Crippen MR) is 74.4 cm³/mol. The summed E-state index contributed by atoms with van der Waals surface area (Å²) < 4.78 is 0. The second-order valence-corrected chi connectivity index (χ2v) is 5.42. The smallest absolute Gasteiger partial charge is 0.259 e. The number of carbonyl (C=O) groups excluding carboxylic acids is 1. The number of thiophene rings is 1. The van der Waals surface area contributed by atoms with E-state index in [0.29, 0.717) is 6.54 Å². The molecule has 0 radical (unpaired) electrons. The van der Waals surface area contributed by atoms with Crippen molar-refractivity contribution in [2.45, 2.75) is 18.9 Å². The number of pyridine rings is 1. The second kappa shape index (κ2) is 5.01. The van der Waals surface area contributed by atoms with Gasteiger partial charge in [-0.1, -0.05) is 0 Å². The fraction of sp³-hybridized carbons (Fsp3) is 0.286. The first-order valence-corrected chi connectivity index (χ1v) is 7.22. The number of carbonyl (C=O) groups is 1. The summed E-state index contributed by atoms with van der Waals surface area (Å²) in [5.41, 5.74) is 1.17. The Balaban J connectivity index is 1.91. The summed E-state index contributed by atoms with van der Waals surface area (Å²) in [7, 11) is 0. The van der Waals surface area contributed by atoms with E-state index in [1.54, 1.807) is 17.5 Å². The normalized spacial score (nSPS) is 18.7. The number of H-pyrrole nitrogens is 1. The summed E-state index contributed by atoms with van der Waals surface area (Å²) >= 11 is 1.63. The van der Waals surface area contributed by atoms with Crippen LogP contribution >= 0.6 is 11.3 Å². The molecule has 1 saturated heterocycles. The zero-order valence-electron chi connectivity index (χ0n) is 10.3. The van der Waals surface area contributed by atoms with Gasteiger partial charge in [0.15, 0.2) is 5.43 Å². The van der Waals surface area contributed by atoms with Crippen LogP contribution in [0.4, 0.5) is 0 Å². The molecule has 0 saturated carbocycles. The molecular formula is C14H14N2O2S. The van der Waals surface area contributed by atoms with Gasteiger partial charge in [0.05, 0.1) is 6.04 Å². The molecule has 0 aromatic carbocycles. The maximum atomic E-state index is 12.5. The number of likely N-dealkylation sites (tertiary alicyclic amines) is 1. The maximum absolute atomic E-state index is 12.5. The van der Waals surface area contributed by atoms with Crippen molar-refractivity contribution in [3.05, 3.63) is 56.6 Å². The third kappa shape index (κ3) is 2.21. The molecule has 1 amide bonds. The van der Waals surface area contributed by atoms with Crippen LogP contribution in [0.2, 0.25) is 0 Å². The summed E-state index contributed by atoms with van der Waals surface area (Å²) in [6.45, 7) is 0.716. The standard InChI is InChI=1S/C14H14N2O2S/c17-13-3-5-15-8-11(13)14(18)16-6-1-2-12(16)10-4-7-19-9-10/h3-5,7-9,12H,1-2,6H2,(H,15,17). The molecule has 1 aliphatic heterocycles. The Kier molecular flexibility index (Phi) is 3.21. The zero-order chi connectivity index (χ0) is 13.2. The summed E-state index contributed by atoms with van der Waals surface area (Å²) in [6, 6.07) is 3.55. The molecule has 1 aliphatic rings. The van der Waals surface area contributed by atoms with Gasteiger partial charge >= 0.3 is 0 Å². The van der Waals surface area contributed by atoms with Crippen LogP contribution in [0.15, 0.2) is 40.1 Å². The number of nitrogens with one attached hydrogen (secondary N) is 1. The summed E-state index contributed by atoms with van der Waals surface area (Å²) in [4.78, 5) is 28.9. The number of hydrogen-bond acceptors (Lipinski definition) is 3. The Morgan fingerprint density at radius 1 is 1.42 bits per heavy atom. The number of amides is 1. The first-order valence-electron chi connectivity index (χ1n) is 6.27. The zero-order valence-corrected chi connectivity index (χ0v) is 11.2. The average Bonchev–Trinajstić information content (AvgIpc) is 3.09. The lowest BCUT2D eigenvalue weighted by Crippen LogP contribution is -2.33.